The number of nitrogens with one attached hydrogen (secondary N) is 1. The number of rotatable bonds is 2. The molecule has 13 heavy (non-hydrogen) atoms. The van der Waals surface area contributed by atoms with E-state index in [1.165, 1.54) is 18.2 Å². The molecule has 1 aromatic carbocycles. The first kappa shape index (κ1) is 9.63. The lowest BCUT2D eigenvalue weighted by atomic mass is 10.1. The molecule has 0 radical (unpaired) electrons. The van der Waals surface area contributed by atoms with Gasteiger partial charge in [-0.2, -0.15) is 0 Å². The fourth-order valence-electron chi connectivity index (χ4n) is 0.941. The van der Waals surface area contributed by atoms with Crippen LogP contribution in [0.25, 0.3) is 0 Å². The van der Waals surface area contributed by atoms with E-state index in [4.69, 9.17) is 11.6 Å². The van der Waals surface area contributed by atoms with Crippen molar-refractivity contribution in [3.05, 3.63) is 35.6 Å². The third kappa shape index (κ3) is 2.24. The number of benzene rings is 1. The molecule has 5 heteroatoms. The summed E-state index contributed by atoms with van der Waals surface area (Å²) >= 11 is 0. The molecule has 4 nitrogen and oxygen atoms in total. The van der Waals surface area contributed by atoms with E-state index in [1.807, 2.05) is 5.43 Å². The highest BCUT2D eigenvalue weighted by molar-refractivity contribution is 5.82. The predicted octanol–water partition coefficient (Wildman–Crippen LogP) is -0.185. The van der Waals surface area contributed by atoms with Crippen LogP contribution in [0.5, 0.6) is 0 Å². The Morgan fingerprint density at radius 1 is 1.54 bits per heavy atom. The lowest BCUT2D eigenvalue weighted by Crippen LogP contribution is -2.38. The normalized spacial score (nSPS) is 12.2. The summed E-state index contributed by atoms with van der Waals surface area (Å²) in [6, 6.07) is 4.58. The minimum absolute atomic E-state index is 0.392. The Kier molecular flexibility index (Phi) is 2.94. The lowest BCUT2D eigenvalue weighted by Gasteiger charge is -2.09. The average Bonchev–Trinajstić information content (AvgIpc) is 2.15. The monoisotopic (exact) mass is 183 g/mol. The molecular formula is C8H10FN3O. The molecule has 0 aliphatic carbocycles. The van der Waals surface area contributed by atoms with Crippen LogP contribution in [0.1, 0.15) is 11.6 Å². The molecule has 0 saturated carbocycles. The Balaban J connectivity index is 2.88. The molecule has 0 saturated heterocycles. The second-order valence-electron chi connectivity index (χ2n) is 2.54. The van der Waals surface area contributed by atoms with Gasteiger partial charge in [-0.05, 0) is 17.7 Å². The highest BCUT2D eigenvalue weighted by Gasteiger charge is 2.14. The van der Waals surface area contributed by atoms with Crippen molar-refractivity contribution < 1.29 is 9.18 Å². The highest BCUT2D eigenvalue weighted by Crippen LogP contribution is 2.11. The molecule has 1 unspecified atom stereocenters. The topological polar surface area (TPSA) is 81.1 Å². The van der Waals surface area contributed by atoms with Gasteiger partial charge in [-0.1, -0.05) is 12.1 Å². The third-order valence-electron chi connectivity index (χ3n) is 1.63. The molecule has 70 valence electrons. The van der Waals surface area contributed by atoms with Crippen LogP contribution >= 0.6 is 0 Å². The van der Waals surface area contributed by atoms with Crippen molar-refractivity contribution in [2.75, 3.05) is 0 Å². The summed E-state index contributed by atoms with van der Waals surface area (Å²) in [4.78, 5) is 10.9. The Morgan fingerprint density at radius 3 is 2.77 bits per heavy atom. The van der Waals surface area contributed by atoms with Gasteiger partial charge in [-0.3, -0.25) is 10.2 Å². The number of hydrazine groups is 1. The molecule has 0 spiro atoms. The van der Waals surface area contributed by atoms with Gasteiger partial charge in [0.1, 0.15) is 11.9 Å². The first-order valence-corrected chi connectivity index (χ1v) is 3.66. The van der Waals surface area contributed by atoms with Crippen molar-refractivity contribution in [1.82, 2.24) is 5.43 Å². The minimum Gasteiger partial charge on any atom is -0.316 e. The average molecular weight is 183 g/mol. The van der Waals surface area contributed by atoms with E-state index in [9.17, 15) is 9.18 Å². The zero-order valence-corrected chi connectivity index (χ0v) is 6.83. The standard InChI is InChI=1S/C8H10FN3O/c9-6-3-1-2-5(4-6)7(10)8(13)12-11/h1-4,7H,10-11H2,(H,12,13). The molecule has 1 amide bonds. The quantitative estimate of drug-likeness (QED) is 0.338. The number of halogens is 1. The number of hydrogen-bond donors (Lipinski definition) is 3. The molecule has 1 rings (SSSR count). The first-order chi connectivity index (χ1) is 6.15. The van der Waals surface area contributed by atoms with Crippen molar-refractivity contribution in [3.63, 3.8) is 0 Å². The largest absolute Gasteiger partial charge is 0.316 e. The van der Waals surface area contributed by atoms with Crippen LogP contribution in [0.4, 0.5) is 4.39 Å². The summed E-state index contributed by atoms with van der Waals surface area (Å²) < 4.78 is 12.7. The number of carbonyl (C=O) groups is 1. The van der Waals surface area contributed by atoms with E-state index >= 15 is 0 Å². The van der Waals surface area contributed by atoms with Crippen molar-refractivity contribution in [2.24, 2.45) is 11.6 Å². The smallest absolute Gasteiger partial charge is 0.255 e. The maximum Gasteiger partial charge on any atom is 0.255 e. The molecule has 5 N–H and O–H groups in total. The van der Waals surface area contributed by atoms with Crippen LogP contribution in [0.2, 0.25) is 0 Å². The summed E-state index contributed by atoms with van der Waals surface area (Å²) in [5.41, 5.74) is 7.75. The van der Waals surface area contributed by atoms with Crippen LogP contribution in [0, 0.1) is 5.82 Å². The lowest BCUT2D eigenvalue weighted by molar-refractivity contribution is -0.122. The van der Waals surface area contributed by atoms with Crippen molar-refractivity contribution in [1.29, 1.82) is 0 Å². The first-order valence-electron chi connectivity index (χ1n) is 3.66. The van der Waals surface area contributed by atoms with Gasteiger partial charge in [0, 0.05) is 0 Å². The molecule has 0 aliphatic rings. The third-order valence-corrected chi connectivity index (χ3v) is 1.63. The molecule has 0 aliphatic heterocycles. The molecule has 1 atom stereocenters. The molecular weight excluding hydrogens is 173 g/mol. The molecule has 0 fully saturated rings. The van der Waals surface area contributed by atoms with Gasteiger partial charge in [0.2, 0.25) is 0 Å². The minimum atomic E-state index is -0.930. The number of nitrogens with two attached hydrogens (primary N) is 2. The van der Waals surface area contributed by atoms with Crippen LogP contribution in [-0.2, 0) is 4.79 Å². The Morgan fingerprint density at radius 2 is 2.23 bits per heavy atom. The van der Waals surface area contributed by atoms with Gasteiger partial charge in [0.25, 0.3) is 5.91 Å². The Labute approximate surface area is 74.7 Å². The van der Waals surface area contributed by atoms with Crippen molar-refractivity contribution >= 4 is 5.91 Å². The van der Waals surface area contributed by atoms with E-state index in [2.05, 4.69) is 0 Å². The van der Waals surface area contributed by atoms with Crippen molar-refractivity contribution in [2.45, 2.75) is 6.04 Å². The second kappa shape index (κ2) is 3.97. The fourth-order valence-corrected chi connectivity index (χ4v) is 0.941. The van der Waals surface area contributed by atoms with E-state index in [0.29, 0.717) is 5.56 Å². The Bertz CT molecular complexity index is 316. The SMILES string of the molecule is NNC(=O)C(N)c1cccc(F)c1. The summed E-state index contributed by atoms with van der Waals surface area (Å²) in [6.07, 6.45) is 0. The van der Waals surface area contributed by atoms with Crippen LogP contribution < -0.4 is 17.0 Å². The Hall–Kier alpha value is -1.46. The van der Waals surface area contributed by atoms with Gasteiger partial charge in [0.05, 0.1) is 0 Å². The highest BCUT2D eigenvalue weighted by atomic mass is 19.1. The second-order valence-corrected chi connectivity index (χ2v) is 2.54. The van der Waals surface area contributed by atoms with E-state index in [1.54, 1.807) is 6.07 Å². The van der Waals surface area contributed by atoms with E-state index in [-0.39, 0.29) is 0 Å². The molecule has 1 aromatic rings. The van der Waals surface area contributed by atoms with Gasteiger partial charge >= 0.3 is 0 Å². The predicted molar refractivity (Wildman–Crippen MR) is 45.7 cm³/mol. The maximum absolute atomic E-state index is 12.7. The van der Waals surface area contributed by atoms with E-state index in [0.717, 1.165) is 0 Å². The molecule has 0 heterocycles. The number of carbonyl (C=O) groups excluding carboxylic acids is 1. The zero-order chi connectivity index (χ0) is 9.84. The summed E-state index contributed by atoms with van der Waals surface area (Å²) in [5, 5.41) is 0. The fraction of sp³-hybridized carbons (Fsp3) is 0.125. The van der Waals surface area contributed by atoms with Crippen molar-refractivity contribution in [3.8, 4) is 0 Å². The van der Waals surface area contributed by atoms with Gasteiger partial charge in [-0.25, -0.2) is 10.2 Å². The molecule has 0 aromatic heterocycles. The zero-order valence-electron chi connectivity index (χ0n) is 6.83. The van der Waals surface area contributed by atoms with Crippen LogP contribution in [0.3, 0.4) is 0 Å². The summed E-state index contributed by atoms with van der Waals surface area (Å²) in [6.45, 7) is 0. The molecule has 0 bridgehead atoms. The summed E-state index contributed by atoms with van der Waals surface area (Å²) in [5.74, 6) is 3.89. The maximum atomic E-state index is 12.7. The van der Waals surface area contributed by atoms with Gasteiger partial charge in [-0.15, -0.1) is 0 Å². The number of amides is 1. The van der Waals surface area contributed by atoms with Crippen LogP contribution in [-0.4, -0.2) is 5.91 Å². The number of hydrogen-bond acceptors (Lipinski definition) is 3. The summed E-state index contributed by atoms with van der Waals surface area (Å²) in [7, 11) is 0. The van der Waals surface area contributed by atoms with Gasteiger partial charge < -0.3 is 5.73 Å². The van der Waals surface area contributed by atoms with Crippen LogP contribution in [0.15, 0.2) is 24.3 Å². The van der Waals surface area contributed by atoms with Gasteiger partial charge in [0.15, 0.2) is 0 Å². The van der Waals surface area contributed by atoms with E-state index < -0.39 is 17.8 Å².